The number of halogens is 5. The fourth-order valence-electron chi connectivity index (χ4n) is 3.43. The van der Waals surface area contributed by atoms with Crippen molar-refractivity contribution >= 4 is 35.0 Å². The van der Waals surface area contributed by atoms with Crippen molar-refractivity contribution in [2.45, 2.75) is 34.7 Å². The summed E-state index contributed by atoms with van der Waals surface area (Å²) in [5.74, 6) is -4.42. The van der Waals surface area contributed by atoms with E-state index < -0.39 is 53.8 Å². The summed E-state index contributed by atoms with van der Waals surface area (Å²) in [5.41, 5.74) is -1.10. The van der Waals surface area contributed by atoms with Crippen LogP contribution in [0.2, 0.25) is 10.0 Å². The molecule has 1 aromatic heterocycles. The lowest BCUT2D eigenvalue weighted by molar-refractivity contribution is -0.178. The van der Waals surface area contributed by atoms with Crippen LogP contribution in [-0.4, -0.2) is 60.7 Å². The number of hydrogen-bond donors (Lipinski definition) is 3. The Labute approximate surface area is 199 Å². The molecule has 2 heterocycles. The molecule has 0 saturated carbocycles. The first-order valence-corrected chi connectivity index (χ1v) is 11.1. The third kappa shape index (κ3) is 4.85. The van der Waals surface area contributed by atoms with Gasteiger partial charge in [0.05, 0.1) is 17.8 Å². The number of benzene rings is 2. The number of hydrogen-bond acceptors (Lipinski definition) is 7. The van der Waals surface area contributed by atoms with E-state index in [-0.39, 0.29) is 11.3 Å². The minimum absolute atomic E-state index is 0.0239. The Balaban J connectivity index is 1.64. The van der Waals surface area contributed by atoms with E-state index in [1.54, 1.807) is 12.1 Å². The average Bonchev–Trinajstić information content (AvgIpc) is 3.25. The highest BCUT2D eigenvalue weighted by molar-refractivity contribution is 8.00. The van der Waals surface area contributed by atoms with Gasteiger partial charge in [0, 0.05) is 15.5 Å². The second kappa shape index (κ2) is 9.79. The molecule has 1 saturated heterocycles. The first-order chi connectivity index (χ1) is 15.7. The average molecular weight is 522 g/mol. The molecule has 1 aliphatic heterocycles. The van der Waals surface area contributed by atoms with Gasteiger partial charge in [-0.15, -0.1) is 5.10 Å². The molecule has 13 heteroatoms. The molecule has 0 bridgehead atoms. The lowest BCUT2D eigenvalue weighted by atomic mass is 9.97. The van der Waals surface area contributed by atoms with E-state index in [0.717, 1.165) is 28.6 Å². The molecule has 33 heavy (non-hydrogen) atoms. The molecule has 0 spiro atoms. The summed E-state index contributed by atoms with van der Waals surface area (Å²) in [6.45, 7) is -0.564. The van der Waals surface area contributed by atoms with Crippen LogP contribution in [0.5, 0.6) is 0 Å². The van der Waals surface area contributed by atoms with E-state index in [1.807, 2.05) is 0 Å². The van der Waals surface area contributed by atoms with Gasteiger partial charge in [0.1, 0.15) is 35.5 Å². The van der Waals surface area contributed by atoms with E-state index in [4.69, 9.17) is 27.9 Å². The SMILES string of the molecule is OC[C@H]1O[C@H](Sc2ccc(Cl)cc2Cl)[C@H](O)[C@@H](n2cc(-c3cc(F)c(F)c(F)c3)nn2)[C@H]1O. The predicted octanol–water partition coefficient (Wildman–Crippen LogP) is 3.44. The minimum Gasteiger partial charge on any atom is -0.394 e. The lowest BCUT2D eigenvalue weighted by Crippen LogP contribution is -2.55. The molecular weight excluding hydrogens is 506 g/mol. The Kier molecular flexibility index (Phi) is 7.20. The summed E-state index contributed by atoms with van der Waals surface area (Å²) < 4.78 is 47.2. The maximum absolute atomic E-state index is 13.6. The Morgan fingerprint density at radius 3 is 2.39 bits per heavy atom. The van der Waals surface area contributed by atoms with Crippen LogP contribution in [0.1, 0.15) is 6.04 Å². The monoisotopic (exact) mass is 521 g/mol. The van der Waals surface area contributed by atoms with Gasteiger partial charge in [0.25, 0.3) is 0 Å². The highest BCUT2D eigenvalue weighted by atomic mass is 35.5. The highest BCUT2D eigenvalue weighted by Gasteiger charge is 2.46. The second-order valence-corrected chi connectivity index (χ2v) is 9.21. The molecule has 7 nitrogen and oxygen atoms in total. The van der Waals surface area contributed by atoms with E-state index in [2.05, 4.69) is 10.3 Å². The third-order valence-electron chi connectivity index (χ3n) is 5.08. The standard InChI is InChI=1S/C20H16Cl2F3N3O4S/c21-9-1-2-15(10(22)5-9)33-20-19(31)17(18(30)14(7-29)32-20)28-6-13(26-27-28)8-3-11(23)16(25)12(24)4-8/h1-6,14,17-20,29-31H,7H2/t14-,17+,18+,19-,20-/m1/s1. The van der Waals surface area contributed by atoms with Crippen molar-refractivity contribution in [3.8, 4) is 11.3 Å². The van der Waals surface area contributed by atoms with Gasteiger partial charge in [-0.25, -0.2) is 17.9 Å². The van der Waals surface area contributed by atoms with Gasteiger partial charge in [-0.3, -0.25) is 0 Å². The van der Waals surface area contributed by atoms with Crippen LogP contribution >= 0.6 is 35.0 Å². The number of nitrogens with zero attached hydrogens (tertiary/aromatic N) is 3. The summed E-state index contributed by atoms with van der Waals surface area (Å²) in [5, 5.41) is 39.7. The van der Waals surface area contributed by atoms with E-state index in [1.165, 1.54) is 12.3 Å². The van der Waals surface area contributed by atoms with Gasteiger partial charge in [0.2, 0.25) is 0 Å². The molecule has 3 N–H and O–H groups in total. The summed E-state index contributed by atoms with van der Waals surface area (Å²) in [7, 11) is 0. The Bertz CT molecular complexity index is 1150. The van der Waals surface area contributed by atoms with Gasteiger partial charge in [-0.2, -0.15) is 0 Å². The van der Waals surface area contributed by atoms with Gasteiger partial charge in [0.15, 0.2) is 17.5 Å². The molecule has 1 aliphatic rings. The predicted molar refractivity (Wildman–Crippen MR) is 114 cm³/mol. The summed E-state index contributed by atoms with van der Waals surface area (Å²) in [4.78, 5) is 0.536. The van der Waals surface area contributed by atoms with Crippen molar-refractivity contribution in [2.24, 2.45) is 0 Å². The third-order valence-corrected chi connectivity index (χ3v) is 6.97. The minimum atomic E-state index is -1.62. The van der Waals surface area contributed by atoms with Crippen LogP contribution in [0.25, 0.3) is 11.3 Å². The maximum atomic E-state index is 13.6. The summed E-state index contributed by atoms with van der Waals surface area (Å²) >= 11 is 13.2. The number of rotatable bonds is 5. The molecule has 0 radical (unpaired) electrons. The maximum Gasteiger partial charge on any atom is 0.194 e. The largest absolute Gasteiger partial charge is 0.394 e. The smallest absolute Gasteiger partial charge is 0.194 e. The van der Waals surface area contributed by atoms with Crippen molar-refractivity contribution in [3.05, 3.63) is 64.0 Å². The molecule has 4 rings (SSSR count). The van der Waals surface area contributed by atoms with E-state index in [9.17, 15) is 28.5 Å². The van der Waals surface area contributed by atoms with Crippen LogP contribution in [0, 0.1) is 17.5 Å². The van der Waals surface area contributed by atoms with E-state index in [0.29, 0.717) is 14.9 Å². The van der Waals surface area contributed by atoms with Crippen LogP contribution in [0.4, 0.5) is 13.2 Å². The molecule has 0 aliphatic carbocycles. The summed E-state index contributed by atoms with van der Waals surface area (Å²) in [6.07, 6.45) is -2.62. The van der Waals surface area contributed by atoms with Crippen molar-refractivity contribution in [1.29, 1.82) is 0 Å². The van der Waals surface area contributed by atoms with Crippen LogP contribution in [0.15, 0.2) is 41.4 Å². The molecule has 0 unspecified atom stereocenters. The van der Waals surface area contributed by atoms with Crippen LogP contribution in [0.3, 0.4) is 0 Å². The molecule has 2 aromatic carbocycles. The zero-order valence-corrected chi connectivity index (χ0v) is 18.8. The molecular formula is C20H16Cl2F3N3O4S. The summed E-state index contributed by atoms with van der Waals surface area (Å²) in [6, 6.07) is 5.11. The first kappa shape index (κ1) is 24.3. The number of aliphatic hydroxyl groups is 3. The number of thioether (sulfide) groups is 1. The topological polar surface area (TPSA) is 101 Å². The number of aliphatic hydroxyl groups excluding tert-OH is 3. The fourth-order valence-corrected chi connectivity index (χ4v) is 5.04. The molecule has 1 fully saturated rings. The highest BCUT2D eigenvalue weighted by Crippen LogP contribution is 2.40. The molecule has 0 amide bonds. The Morgan fingerprint density at radius 1 is 1.06 bits per heavy atom. The first-order valence-electron chi connectivity index (χ1n) is 9.50. The van der Waals surface area contributed by atoms with E-state index >= 15 is 0 Å². The van der Waals surface area contributed by atoms with Gasteiger partial charge in [-0.05, 0) is 30.3 Å². The van der Waals surface area contributed by atoms with Gasteiger partial charge < -0.3 is 20.1 Å². The zero-order valence-electron chi connectivity index (χ0n) is 16.4. The Morgan fingerprint density at radius 2 is 1.76 bits per heavy atom. The van der Waals surface area contributed by atoms with Crippen LogP contribution in [-0.2, 0) is 4.74 Å². The number of ether oxygens (including phenoxy) is 1. The van der Waals surface area contributed by atoms with Gasteiger partial charge in [-0.1, -0.05) is 40.2 Å². The van der Waals surface area contributed by atoms with Crippen molar-refractivity contribution < 1.29 is 33.2 Å². The van der Waals surface area contributed by atoms with Crippen molar-refractivity contribution in [2.75, 3.05) is 6.61 Å². The van der Waals surface area contributed by atoms with Crippen molar-refractivity contribution in [1.82, 2.24) is 15.0 Å². The van der Waals surface area contributed by atoms with Crippen molar-refractivity contribution in [3.63, 3.8) is 0 Å². The fraction of sp³-hybridized carbons (Fsp3) is 0.300. The molecule has 3 aromatic rings. The number of aromatic nitrogens is 3. The normalized spacial score (nSPS) is 25.4. The van der Waals surface area contributed by atoms with Gasteiger partial charge >= 0.3 is 0 Å². The lowest BCUT2D eigenvalue weighted by Gasteiger charge is -2.41. The second-order valence-electron chi connectivity index (χ2n) is 7.23. The quantitative estimate of drug-likeness (QED) is 0.442. The molecule has 176 valence electrons. The molecule has 5 atom stereocenters. The zero-order chi connectivity index (χ0) is 23.9. The Hall–Kier alpha value is -1.86. The van der Waals surface area contributed by atoms with Crippen LogP contribution < -0.4 is 0 Å².